The van der Waals surface area contributed by atoms with Crippen LogP contribution in [0.1, 0.15) is 37.3 Å². The van der Waals surface area contributed by atoms with E-state index < -0.39 is 23.7 Å². The first-order chi connectivity index (χ1) is 12.4. The second-order valence-corrected chi connectivity index (χ2v) is 7.41. The highest BCUT2D eigenvalue weighted by Crippen LogP contribution is 2.44. The molecule has 0 spiro atoms. The van der Waals surface area contributed by atoms with Crippen molar-refractivity contribution in [3.8, 4) is 11.1 Å². The number of amides is 1. The molecule has 2 aromatic carbocycles. The van der Waals surface area contributed by atoms with Crippen LogP contribution in [0.2, 0.25) is 0 Å². The van der Waals surface area contributed by atoms with Gasteiger partial charge in [0.15, 0.2) is 0 Å². The second-order valence-electron chi connectivity index (χ2n) is 7.41. The summed E-state index contributed by atoms with van der Waals surface area (Å²) in [5.74, 6) is -0.413. The van der Waals surface area contributed by atoms with Crippen LogP contribution < -0.4 is 5.32 Å². The molecule has 0 radical (unpaired) electrons. The Morgan fingerprint density at radius 2 is 1.69 bits per heavy atom. The van der Waals surface area contributed by atoms with E-state index in [0.29, 0.717) is 6.42 Å². The largest absolute Gasteiger partial charge is 0.458 e. The summed E-state index contributed by atoms with van der Waals surface area (Å²) in [6.45, 7) is 3.87. The lowest BCUT2D eigenvalue weighted by Crippen LogP contribution is -2.39. The Hall–Kier alpha value is -2.82. The van der Waals surface area contributed by atoms with Crippen molar-refractivity contribution in [1.82, 2.24) is 5.32 Å². The SMILES string of the molecule is CC1(C)C[C@H](NC(=O)OCC2c3ccccc3-c3ccccc32)C(=O)O1. The van der Waals surface area contributed by atoms with Crippen molar-refractivity contribution in [2.75, 3.05) is 6.61 Å². The Bertz CT molecular complexity index is 828. The van der Waals surface area contributed by atoms with Crippen LogP contribution in [0.25, 0.3) is 11.1 Å². The Kier molecular flexibility index (Phi) is 3.94. The molecule has 0 bridgehead atoms. The van der Waals surface area contributed by atoms with Gasteiger partial charge in [-0.15, -0.1) is 0 Å². The summed E-state index contributed by atoms with van der Waals surface area (Å²) in [5, 5.41) is 2.62. The lowest BCUT2D eigenvalue weighted by Gasteiger charge is -2.16. The average molecular weight is 351 g/mol. The fourth-order valence-corrected chi connectivity index (χ4v) is 3.85. The van der Waals surface area contributed by atoms with E-state index in [1.54, 1.807) is 0 Å². The van der Waals surface area contributed by atoms with Crippen LogP contribution >= 0.6 is 0 Å². The molecule has 1 saturated heterocycles. The summed E-state index contributed by atoms with van der Waals surface area (Å²) >= 11 is 0. The van der Waals surface area contributed by atoms with Crippen LogP contribution in [0, 0.1) is 0 Å². The zero-order valence-electron chi connectivity index (χ0n) is 14.8. The van der Waals surface area contributed by atoms with Crippen LogP contribution in [-0.4, -0.2) is 30.3 Å². The number of cyclic esters (lactones) is 1. The predicted octanol–water partition coefficient (Wildman–Crippen LogP) is 3.62. The maximum Gasteiger partial charge on any atom is 0.407 e. The van der Waals surface area contributed by atoms with Crippen molar-refractivity contribution in [3.63, 3.8) is 0 Å². The van der Waals surface area contributed by atoms with Gasteiger partial charge in [-0.3, -0.25) is 0 Å². The van der Waals surface area contributed by atoms with Gasteiger partial charge in [0, 0.05) is 12.3 Å². The summed E-state index contributed by atoms with van der Waals surface area (Å²) in [7, 11) is 0. The summed E-state index contributed by atoms with van der Waals surface area (Å²) < 4.78 is 10.7. The molecule has 2 aromatic rings. The molecule has 5 nitrogen and oxygen atoms in total. The van der Waals surface area contributed by atoms with E-state index in [4.69, 9.17) is 9.47 Å². The number of hydrogen-bond donors (Lipinski definition) is 1. The molecule has 26 heavy (non-hydrogen) atoms. The topological polar surface area (TPSA) is 64.6 Å². The van der Waals surface area contributed by atoms with E-state index in [1.165, 1.54) is 11.1 Å². The highest BCUT2D eigenvalue weighted by molar-refractivity contribution is 5.83. The van der Waals surface area contributed by atoms with Crippen molar-refractivity contribution < 1.29 is 19.1 Å². The number of carbonyl (C=O) groups excluding carboxylic acids is 2. The average Bonchev–Trinajstić information content (AvgIpc) is 3.06. The molecule has 1 amide bonds. The zero-order chi connectivity index (χ0) is 18.3. The molecule has 1 N–H and O–H groups in total. The van der Waals surface area contributed by atoms with E-state index in [2.05, 4.69) is 29.6 Å². The number of nitrogens with one attached hydrogen (secondary N) is 1. The first kappa shape index (κ1) is 16.6. The van der Waals surface area contributed by atoms with Gasteiger partial charge >= 0.3 is 12.1 Å². The third-order valence-corrected chi connectivity index (χ3v) is 4.99. The van der Waals surface area contributed by atoms with Crippen LogP contribution in [0.15, 0.2) is 48.5 Å². The van der Waals surface area contributed by atoms with Crippen molar-refractivity contribution in [2.45, 2.75) is 37.8 Å². The monoisotopic (exact) mass is 351 g/mol. The molecule has 134 valence electrons. The highest BCUT2D eigenvalue weighted by Gasteiger charge is 2.41. The molecule has 1 heterocycles. The molecule has 0 unspecified atom stereocenters. The highest BCUT2D eigenvalue weighted by atomic mass is 16.6. The Morgan fingerprint density at radius 3 is 2.23 bits per heavy atom. The van der Waals surface area contributed by atoms with Crippen molar-refractivity contribution >= 4 is 12.1 Å². The van der Waals surface area contributed by atoms with Gasteiger partial charge in [0.1, 0.15) is 18.2 Å². The number of alkyl carbamates (subject to hydrolysis) is 1. The molecule has 5 heteroatoms. The molecule has 2 aliphatic rings. The number of rotatable bonds is 3. The fraction of sp³-hybridized carbons (Fsp3) is 0.333. The van der Waals surface area contributed by atoms with E-state index in [9.17, 15) is 9.59 Å². The van der Waals surface area contributed by atoms with Crippen molar-refractivity contribution in [3.05, 3.63) is 59.7 Å². The van der Waals surface area contributed by atoms with Gasteiger partial charge < -0.3 is 14.8 Å². The summed E-state index contributed by atoms with van der Waals surface area (Å²) in [6, 6.07) is 15.7. The minimum atomic E-state index is -0.652. The van der Waals surface area contributed by atoms with Gasteiger partial charge in [0.05, 0.1) is 0 Å². The third kappa shape index (κ3) is 2.94. The van der Waals surface area contributed by atoms with Gasteiger partial charge in [0.25, 0.3) is 0 Å². The summed E-state index contributed by atoms with van der Waals surface area (Å²) in [5.41, 5.74) is 4.11. The van der Waals surface area contributed by atoms with Gasteiger partial charge in [-0.05, 0) is 36.1 Å². The molecule has 0 saturated carbocycles. The minimum Gasteiger partial charge on any atom is -0.458 e. The normalized spacial score (nSPS) is 20.2. The first-order valence-electron chi connectivity index (χ1n) is 8.79. The summed E-state index contributed by atoms with van der Waals surface area (Å²) in [6.07, 6.45) is -0.151. The minimum absolute atomic E-state index is 0.000112. The molecule has 1 fully saturated rings. The number of benzene rings is 2. The number of carbonyl (C=O) groups is 2. The first-order valence-corrected chi connectivity index (χ1v) is 8.79. The third-order valence-electron chi connectivity index (χ3n) is 4.99. The maximum absolute atomic E-state index is 12.2. The van der Waals surface area contributed by atoms with Gasteiger partial charge in [-0.1, -0.05) is 48.5 Å². The molecular formula is C21H21NO4. The Balaban J connectivity index is 1.45. The van der Waals surface area contributed by atoms with Crippen LogP contribution in [0.3, 0.4) is 0 Å². The van der Waals surface area contributed by atoms with Crippen molar-refractivity contribution in [1.29, 1.82) is 0 Å². The van der Waals surface area contributed by atoms with Crippen LogP contribution in [0.4, 0.5) is 4.79 Å². The molecule has 4 rings (SSSR count). The van der Waals surface area contributed by atoms with Crippen LogP contribution in [0.5, 0.6) is 0 Å². The Morgan fingerprint density at radius 1 is 1.12 bits per heavy atom. The molecule has 1 aliphatic carbocycles. The fourth-order valence-electron chi connectivity index (χ4n) is 3.85. The smallest absolute Gasteiger partial charge is 0.407 e. The number of esters is 1. The summed E-state index contributed by atoms with van der Waals surface area (Å²) in [4.78, 5) is 24.0. The molecule has 1 atom stereocenters. The van der Waals surface area contributed by atoms with E-state index >= 15 is 0 Å². The van der Waals surface area contributed by atoms with Crippen LogP contribution in [-0.2, 0) is 14.3 Å². The van der Waals surface area contributed by atoms with E-state index in [-0.39, 0.29) is 12.5 Å². The van der Waals surface area contributed by atoms with E-state index in [1.807, 2.05) is 38.1 Å². The lowest BCUT2D eigenvalue weighted by atomic mass is 9.98. The quantitative estimate of drug-likeness (QED) is 0.858. The molecular weight excluding hydrogens is 330 g/mol. The number of fused-ring (bicyclic) bond motifs is 3. The Labute approximate surface area is 152 Å². The van der Waals surface area contributed by atoms with Gasteiger partial charge in [-0.25, -0.2) is 9.59 Å². The maximum atomic E-state index is 12.2. The number of ether oxygens (including phenoxy) is 2. The standard InChI is InChI=1S/C21H21NO4/c1-21(2)11-18(19(23)26-21)22-20(24)25-12-17-15-9-5-3-7-13(15)14-8-4-6-10-16(14)17/h3-10,17-18H,11-12H2,1-2H3,(H,22,24)/t18-/m0/s1. The number of hydrogen-bond acceptors (Lipinski definition) is 4. The van der Waals surface area contributed by atoms with Gasteiger partial charge in [-0.2, -0.15) is 0 Å². The zero-order valence-corrected chi connectivity index (χ0v) is 14.8. The second kappa shape index (κ2) is 6.16. The predicted molar refractivity (Wildman–Crippen MR) is 96.8 cm³/mol. The molecule has 0 aromatic heterocycles. The van der Waals surface area contributed by atoms with E-state index in [0.717, 1.165) is 11.1 Å². The lowest BCUT2D eigenvalue weighted by molar-refractivity contribution is -0.147. The van der Waals surface area contributed by atoms with Crippen molar-refractivity contribution in [2.24, 2.45) is 0 Å². The van der Waals surface area contributed by atoms with Gasteiger partial charge in [0.2, 0.25) is 0 Å². The molecule has 1 aliphatic heterocycles.